The lowest BCUT2D eigenvalue weighted by Gasteiger charge is -2.27. The molecule has 0 aromatic heterocycles. The fraction of sp³-hybridized carbons (Fsp3) is 0.133. The van der Waals surface area contributed by atoms with E-state index in [9.17, 15) is 18.4 Å². The molecule has 0 saturated heterocycles. The normalized spacial score (nSPS) is 14.8. The molecule has 0 radical (unpaired) electrons. The molecule has 1 unspecified atom stereocenters. The smallest absolute Gasteiger partial charge is 0.258 e. The van der Waals surface area contributed by atoms with E-state index < -0.39 is 0 Å². The van der Waals surface area contributed by atoms with E-state index >= 15 is 0 Å². The lowest BCUT2D eigenvalue weighted by Crippen LogP contribution is -2.33. The van der Waals surface area contributed by atoms with Gasteiger partial charge in [0.2, 0.25) is 0 Å². The van der Waals surface area contributed by atoms with Gasteiger partial charge in [0, 0.05) is 41.6 Å². The molecule has 38 heavy (non-hydrogen) atoms. The maximum Gasteiger partial charge on any atom is 0.258 e. The van der Waals surface area contributed by atoms with Gasteiger partial charge >= 0.3 is 0 Å². The predicted molar refractivity (Wildman–Crippen MR) is 145 cm³/mol. The molecule has 6 rings (SSSR count). The van der Waals surface area contributed by atoms with E-state index in [0.717, 1.165) is 27.9 Å². The molecule has 8 heteroatoms. The summed E-state index contributed by atoms with van der Waals surface area (Å²) in [6, 6.07) is 15.6. The van der Waals surface area contributed by atoms with Gasteiger partial charge in [0.15, 0.2) is 0 Å². The van der Waals surface area contributed by atoms with Crippen LogP contribution >= 0.6 is 0 Å². The quantitative estimate of drug-likeness (QED) is 0.440. The van der Waals surface area contributed by atoms with Crippen molar-refractivity contribution in [3.05, 3.63) is 111 Å². The minimum atomic E-state index is -0.361. The summed E-state index contributed by atoms with van der Waals surface area (Å²) in [5.74, 6) is -0.982. The van der Waals surface area contributed by atoms with Crippen molar-refractivity contribution in [2.45, 2.75) is 13.0 Å². The van der Waals surface area contributed by atoms with Crippen molar-refractivity contribution < 1.29 is 13.6 Å². The number of aromatic amines is 1. The molecule has 6 nitrogen and oxygen atoms in total. The summed E-state index contributed by atoms with van der Waals surface area (Å²) < 4.78 is 27.0. The molecule has 0 saturated carbocycles. The number of anilines is 3. The van der Waals surface area contributed by atoms with Crippen molar-refractivity contribution in [2.24, 2.45) is 0 Å². The van der Waals surface area contributed by atoms with Gasteiger partial charge in [-0.15, -0.1) is 0 Å². The Morgan fingerprint density at radius 1 is 0.974 bits per heavy atom. The molecular formula is C30H24F2N4O2. The summed E-state index contributed by atoms with van der Waals surface area (Å²) in [6.45, 7) is 2.32. The van der Waals surface area contributed by atoms with Crippen molar-refractivity contribution in [3.63, 3.8) is 0 Å². The highest BCUT2D eigenvalue weighted by atomic mass is 19.1. The van der Waals surface area contributed by atoms with Crippen LogP contribution in [0.3, 0.4) is 0 Å². The fourth-order valence-corrected chi connectivity index (χ4v) is 5.21. The molecular weight excluding hydrogens is 486 g/mol. The van der Waals surface area contributed by atoms with E-state index in [2.05, 4.69) is 10.3 Å². The Morgan fingerprint density at radius 2 is 1.66 bits per heavy atom. The highest BCUT2D eigenvalue weighted by Gasteiger charge is 2.29. The second-order valence-electron chi connectivity index (χ2n) is 9.48. The number of hydrogen-bond donors (Lipinski definition) is 2. The van der Waals surface area contributed by atoms with Crippen LogP contribution in [-0.4, -0.2) is 24.5 Å². The number of aromatic nitrogens is 1. The van der Waals surface area contributed by atoms with Crippen LogP contribution in [0.15, 0.2) is 77.7 Å². The Hall–Kier alpha value is -4.72. The van der Waals surface area contributed by atoms with Gasteiger partial charge in [-0.1, -0.05) is 12.1 Å². The van der Waals surface area contributed by atoms with Gasteiger partial charge in [-0.05, 0) is 73.2 Å². The summed E-state index contributed by atoms with van der Waals surface area (Å²) in [4.78, 5) is 33.6. The number of halogens is 2. The van der Waals surface area contributed by atoms with Gasteiger partial charge < -0.3 is 20.1 Å². The van der Waals surface area contributed by atoms with Crippen LogP contribution in [0.2, 0.25) is 0 Å². The number of benzene rings is 2. The molecule has 3 aliphatic heterocycles. The number of amides is 1. The van der Waals surface area contributed by atoms with Gasteiger partial charge in [0.05, 0.1) is 28.6 Å². The molecule has 1 atom stereocenters. The van der Waals surface area contributed by atoms with Crippen molar-refractivity contribution >= 4 is 34.6 Å². The number of rotatable bonds is 4. The van der Waals surface area contributed by atoms with Crippen molar-refractivity contribution in [1.82, 2.24) is 10.3 Å². The number of hydrogen-bond acceptors (Lipinski definition) is 4. The average molecular weight is 511 g/mol. The Kier molecular flexibility index (Phi) is 5.60. The number of H-pyrrole nitrogens is 1. The second kappa shape index (κ2) is 8.99. The summed E-state index contributed by atoms with van der Waals surface area (Å²) in [7, 11) is 1.84. The first kappa shape index (κ1) is 23.7. The maximum atomic E-state index is 13.6. The maximum absolute atomic E-state index is 13.6. The lowest BCUT2D eigenvalue weighted by molar-refractivity contribution is -0.116. The Bertz CT molecular complexity index is 1760. The van der Waals surface area contributed by atoms with Crippen molar-refractivity contribution in [1.29, 1.82) is 0 Å². The van der Waals surface area contributed by atoms with Gasteiger partial charge in [0.1, 0.15) is 11.6 Å². The Labute approximate surface area is 217 Å². The predicted octanol–water partition coefficient (Wildman–Crippen LogP) is 3.68. The standard InChI is InChI=1S/C30H24F2N4O2/c1-17(18-3-5-19(31)6-4-18)33-29(37)23-13-15-35(2)28-22(23)11-12-25-26-24(34-30(38)27(26)28)14-16-36(25)21-9-7-20(32)8-10-21/h3-15,17H,16H2,1-2H3,(H,33,37)(H,34,38). The van der Waals surface area contributed by atoms with E-state index in [0.29, 0.717) is 28.6 Å². The van der Waals surface area contributed by atoms with Crippen molar-refractivity contribution in [3.8, 4) is 11.1 Å². The van der Waals surface area contributed by atoms with Gasteiger partial charge in [-0.3, -0.25) is 9.59 Å². The van der Waals surface area contributed by atoms with Crippen LogP contribution in [0.4, 0.5) is 25.8 Å². The summed E-state index contributed by atoms with van der Waals surface area (Å²) in [6.07, 6.45) is 5.42. The third kappa shape index (κ3) is 3.85. The van der Waals surface area contributed by atoms with Crippen LogP contribution in [0.25, 0.3) is 22.8 Å². The summed E-state index contributed by atoms with van der Waals surface area (Å²) in [5.41, 5.74) is 4.34. The van der Waals surface area contributed by atoms with E-state index in [1.165, 1.54) is 24.3 Å². The first-order chi connectivity index (χ1) is 18.3. The molecule has 1 aliphatic carbocycles. The first-order valence-corrected chi connectivity index (χ1v) is 12.3. The first-order valence-electron chi connectivity index (χ1n) is 12.3. The molecule has 2 N–H and O–H groups in total. The van der Waals surface area contributed by atoms with Crippen LogP contribution in [0.5, 0.6) is 0 Å². The largest absolute Gasteiger partial charge is 0.350 e. The highest BCUT2D eigenvalue weighted by Crippen LogP contribution is 2.37. The van der Waals surface area contributed by atoms with E-state index in [-0.39, 0.29) is 29.1 Å². The molecule has 0 spiro atoms. The van der Waals surface area contributed by atoms with E-state index in [4.69, 9.17) is 0 Å². The summed E-state index contributed by atoms with van der Waals surface area (Å²) >= 11 is 0. The van der Waals surface area contributed by atoms with Crippen LogP contribution < -0.4 is 31.2 Å². The second-order valence-corrected chi connectivity index (χ2v) is 9.48. The molecule has 3 heterocycles. The molecule has 190 valence electrons. The molecule has 4 aliphatic rings. The number of carbonyl (C=O) groups is 1. The highest BCUT2D eigenvalue weighted by molar-refractivity contribution is 6.19. The van der Waals surface area contributed by atoms with Crippen molar-refractivity contribution in [2.75, 3.05) is 23.4 Å². The topological polar surface area (TPSA) is 68.4 Å². The minimum absolute atomic E-state index is 0.248. The lowest BCUT2D eigenvalue weighted by atomic mass is 10.0. The fourth-order valence-electron chi connectivity index (χ4n) is 5.21. The SMILES string of the molecule is CC(NC(=O)C1=c2ccc3c4c([nH]c(=O)c-4c2N(C)C=C1)=CCN3c1ccc(F)cc1)c1ccc(F)cc1. The third-order valence-corrected chi connectivity index (χ3v) is 7.13. The Balaban J connectivity index is 1.52. The van der Waals surface area contributed by atoms with Crippen LogP contribution in [0, 0.1) is 11.6 Å². The molecule has 1 amide bonds. The molecule has 2 aromatic rings. The third-order valence-electron chi connectivity index (χ3n) is 7.13. The number of carbonyl (C=O) groups excluding carboxylic acids is 1. The molecule has 2 aromatic carbocycles. The van der Waals surface area contributed by atoms with E-state index in [1.54, 1.807) is 36.5 Å². The number of nitrogens with one attached hydrogen (secondary N) is 2. The van der Waals surface area contributed by atoms with E-state index in [1.807, 2.05) is 42.0 Å². The number of nitrogens with zero attached hydrogens (tertiary/aromatic N) is 2. The zero-order valence-electron chi connectivity index (χ0n) is 20.8. The Morgan fingerprint density at radius 3 is 2.37 bits per heavy atom. The zero-order valence-corrected chi connectivity index (χ0v) is 20.8. The van der Waals surface area contributed by atoms with Gasteiger partial charge in [0.25, 0.3) is 11.5 Å². The monoisotopic (exact) mass is 510 g/mol. The zero-order chi connectivity index (χ0) is 26.6. The molecule has 0 bridgehead atoms. The average Bonchev–Trinajstić information content (AvgIpc) is 3.11. The summed E-state index contributed by atoms with van der Waals surface area (Å²) in [5, 5.41) is 4.32. The minimum Gasteiger partial charge on any atom is -0.350 e. The van der Waals surface area contributed by atoms with Gasteiger partial charge in [-0.2, -0.15) is 0 Å². The van der Waals surface area contributed by atoms with Gasteiger partial charge in [-0.25, -0.2) is 8.78 Å². The van der Waals surface area contributed by atoms with Crippen LogP contribution in [0.1, 0.15) is 18.5 Å². The van der Waals surface area contributed by atoms with Crippen LogP contribution in [-0.2, 0) is 4.79 Å². The number of fused-ring (bicyclic) bond motifs is 2. The molecule has 0 fully saturated rings.